The third kappa shape index (κ3) is 7.12. The first-order chi connectivity index (χ1) is 12.7. The minimum Gasteiger partial charge on any atom is -0.493 e. The molecule has 0 amide bonds. The number of hydrogen-bond acceptors (Lipinski definition) is 5. The Morgan fingerprint density at radius 2 is 1.85 bits per heavy atom. The number of pyridine rings is 1. The molecule has 2 aromatic rings. The summed E-state index contributed by atoms with van der Waals surface area (Å²) < 4.78 is 16.3. The molecule has 0 aliphatic carbocycles. The second-order valence-corrected chi connectivity index (χ2v) is 5.28. The number of rotatable bonds is 8. The first-order valence-electron chi connectivity index (χ1n) is 8.56. The second kappa shape index (κ2) is 12.2. The van der Waals surface area contributed by atoms with Crippen molar-refractivity contribution < 1.29 is 14.2 Å². The lowest BCUT2D eigenvalue weighted by atomic mass is 10.2. The van der Waals surface area contributed by atoms with Crippen LogP contribution in [0.4, 0.5) is 5.69 Å². The fourth-order valence-corrected chi connectivity index (χ4v) is 2.31. The smallest absolute Gasteiger partial charge is 0.213 e. The van der Waals surface area contributed by atoms with E-state index in [9.17, 15) is 0 Å². The standard InChI is InChI=1S/C19H26N4O3.HI/c1-5-25-16-8-7-15(12-17(16)24-4)23-19(20-3)22-13-14-9-10-21-18(11-14)26-6-2;/h7-12H,5-6,13H2,1-4H3,(H2,20,22,23);1H. The van der Waals surface area contributed by atoms with Gasteiger partial charge in [0.1, 0.15) is 0 Å². The molecule has 1 aromatic heterocycles. The Balaban J connectivity index is 0.00000364. The molecule has 1 heterocycles. The molecule has 0 radical (unpaired) electrons. The van der Waals surface area contributed by atoms with Crippen LogP contribution in [0.5, 0.6) is 17.4 Å². The zero-order valence-electron chi connectivity index (χ0n) is 16.1. The van der Waals surface area contributed by atoms with Crippen molar-refractivity contribution in [2.24, 2.45) is 4.99 Å². The van der Waals surface area contributed by atoms with E-state index >= 15 is 0 Å². The molecular weight excluding hydrogens is 459 g/mol. The Morgan fingerprint density at radius 3 is 2.52 bits per heavy atom. The van der Waals surface area contributed by atoms with Crippen LogP contribution in [0.2, 0.25) is 0 Å². The highest BCUT2D eigenvalue weighted by atomic mass is 127. The Morgan fingerprint density at radius 1 is 1.07 bits per heavy atom. The van der Waals surface area contributed by atoms with Crippen LogP contribution in [0.15, 0.2) is 41.5 Å². The predicted molar refractivity (Wildman–Crippen MR) is 119 cm³/mol. The van der Waals surface area contributed by atoms with E-state index in [-0.39, 0.29) is 24.0 Å². The first kappa shape index (κ1) is 22.8. The van der Waals surface area contributed by atoms with Gasteiger partial charge in [0.15, 0.2) is 17.5 Å². The fraction of sp³-hybridized carbons (Fsp3) is 0.368. The molecule has 8 heteroatoms. The van der Waals surface area contributed by atoms with Crippen molar-refractivity contribution >= 4 is 35.6 Å². The Kier molecular flexibility index (Phi) is 10.3. The first-order valence-corrected chi connectivity index (χ1v) is 8.56. The van der Waals surface area contributed by atoms with Crippen LogP contribution in [0, 0.1) is 0 Å². The average molecular weight is 486 g/mol. The van der Waals surface area contributed by atoms with Gasteiger partial charge < -0.3 is 24.8 Å². The Hall–Kier alpha value is -2.23. The number of anilines is 1. The van der Waals surface area contributed by atoms with Gasteiger partial charge in [-0.05, 0) is 37.6 Å². The van der Waals surface area contributed by atoms with E-state index in [1.165, 1.54) is 0 Å². The number of nitrogens with zero attached hydrogens (tertiary/aromatic N) is 2. The topological polar surface area (TPSA) is 77.0 Å². The largest absolute Gasteiger partial charge is 0.493 e. The number of benzene rings is 1. The van der Waals surface area contributed by atoms with E-state index in [0.29, 0.717) is 43.1 Å². The molecule has 2 N–H and O–H groups in total. The molecular formula is C19H27IN4O3. The van der Waals surface area contributed by atoms with Gasteiger partial charge in [-0.3, -0.25) is 4.99 Å². The molecule has 0 saturated heterocycles. The minimum absolute atomic E-state index is 0. The Bertz CT molecular complexity index is 741. The minimum atomic E-state index is 0. The van der Waals surface area contributed by atoms with Crippen molar-refractivity contribution in [3.63, 3.8) is 0 Å². The average Bonchev–Trinajstić information content (AvgIpc) is 2.67. The molecule has 27 heavy (non-hydrogen) atoms. The monoisotopic (exact) mass is 486 g/mol. The number of guanidine groups is 1. The maximum absolute atomic E-state index is 5.53. The van der Waals surface area contributed by atoms with Gasteiger partial charge >= 0.3 is 0 Å². The van der Waals surface area contributed by atoms with E-state index in [0.717, 1.165) is 11.3 Å². The fourth-order valence-electron chi connectivity index (χ4n) is 2.31. The highest BCUT2D eigenvalue weighted by molar-refractivity contribution is 14.0. The van der Waals surface area contributed by atoms with Crippen molar-refractivity contribution in [1.29, 1.82) is 0 Å². The quantitative estimate of drug-likeness (QED) is 0.337. The van der Waals surface area contributed by atoms with Gasteiger partial charge in [-0.2, -0.15) is 0 Å². The maximum Gasteiger partial charge on any atom is 0.213 e. The highest BCUT2D eigenvalue weighted by Crippen LogP contribution is 2.30. The molecule has 0 aliphatic rings. The summed E-state index contributed by atoms with van der Waals surface area (Å²) in [6.07, 6.45) is 1.73. The van der Waals surface area contributed by atoms with Crippen LogP contribution in [0.3, 0.4) is 0 Å². The van der Waals surface area contributed by atoms with Gasteiger partial charge in [0, 0.05) is 37.6 Å². The summed E-state index contributed by atoms with van der Waals surface area (Å²) in [5.41, 5.74) is 1.90. The Labute approximate surface area is 177 Å². The number of methoxy groups -OCH3 is 1. The lowest BCUT2D eigenvalue weighted by Gasteiger charge is -2.15. The number of aliphatic imine (C=N–C) groups is 1. The number of ether oxygens (including phenoxy) is 3. The van der Waals surface area contributed by atoms with Crippen LogP contribution < -0.4 is 24.8 Å². The van der Waals surface area contributed by atoms with Crippen molar-refractivity contribution in [1.82, 2.24) is 10.3 Å². The molecule has 0 atom stereocenters. The number of halogens is 1. The van der Waals surface area contributed by atoms with E-state index < -0.39 is 0 Å². The van der Waals surface area contributed by atoms with E-state index in [4.69, 9.17) is 14.2 Å². The van der Waals surface area contributed by atoms with Crippen molar-refractivity contribution in [3.05, 3.63) is 42.1 Å². The van der Waals surface area contributed by atoms with Gasteiger partial charge in [-0.1, -0.05) is 0 Å². The predicted octanol–water partition coefficient (Wildman–Crippen LogP) is 3.69. The molecule has 0 saturated carbocycles. The van der Waals surface area contributed by atoms with E-state index in [1.54, 1.807) is 20.4 Å². The van der Waals surface area contributed by atoms with E-state index in [1.807, 2.05) is 44.2 Å². The van der Waals surface area contributed by atoms with Crippen molar-refractivity contribution in [3.8, 4) is 17.4 Å². The zero-order chi connectivity index (χ0) is 18.8. The second-order valence-electron chi connectivity index (χ2n) is 5.28. The summed E-state index contributed by atoms with van der Waals surface area (Å²) in [5, 5.41) is 6.50. The van der Waals surface area contributed by atoms with Crippen molar-refractivity contribution in [2.45, 2.75) is 20.4 Å². The van der Waals surface area contributed by atoms with Crippen LogP contribution >= 0.6 is 24.0 Å². The summed E-state index contributed by atoms with van der Waals surface area (Å²) in [4.78, 5) is 8.41. The normalized spacial score (nSPS) is 10.6. The van der Waals surface area contributed by atoms with Gasteiger partial charge in [0.2, 0.25) is 5.88 Å². The van der Waals surface area contributed by atoms with Crippen LogP contribution in [-0.4, -0.2) is 38.3 Å². The number of hydrogen-bond donors (Lipinski definition) is 2. The number of aromatic nitrogens is 1. The van der Waals surface area contributed by atoms with Gasteiger partial charge in [-0.15, -0.1) is 24.0 Å². The van der Waals surface area contributed by atoms with Gasteiger partial charge in [0.05, 0.1) is 20.3 Å². The third-order valence-corrected chi connectivity index (χ3v) is 3.50. The lowest BCUT2D eigenvalue weighted by molar-refractivity contribution is 0.311. The van der Waals surface area contributed by atoms with Crippen molar-refractivity contribution in [2.75, 3.05) is 32.7 Å². The summed E-state index contributed by atoms with van der Waals surface area (Å²) in [6.45, 7) is 5.64. The van der Waals surface area contributed by atoms with Gasteiger partial charge in [-0.25, -0.2) is 4.98 Å². The maximum atomic E-state index is 5.53. The SMILES string of the molecule is CCOc1cc(CNC(=NC)Nc2ccc(OCC)c(OC)c2)ccn1.I. The molecule has 0 aliphatic heterocycles. The highest BCUT2D eigenvalue weighted by Gasteiger charge is 2.07. The third-order valence-electron chi connectivity index (χ3n) is 3.50. The van der Waals surface area contributed by atoms with Crippen LogP contribution in [0.1, 0.15) is 19.4 Å². The molecule has 0 spiro atoms. The molecule has 0 unspecified atom stereocenters. The molecule has 0 fully saturated rings. The number of nitrogens with one attached hydrogen (secondary N) is 2. The van der Waals surface area contributed by atoms with E-state index in [2.05, 4.69) is 20.6 Å². The molecule has 2 rings (SSSR count). The lowest BCUT2D eigenvalue weighted by Crippen LogP contribution is -2.30. The molecule has 148 valence electrons. The van der Waals surface area contributed by atoms with Crippen LogP contribution in [-0.2, 0) is 6.54 Å². The molecule has 7 nitrogen and oxygen atoms in total. The summed E-state index contributed by atoms with van der Waals surface area (Å²) in [5.74, 6) is 2.64. The van der Waals surface area contributed by atoms with Crippen LogP contribution in [0.25, 0.3) is 0 Å². The molecule has 0 bridgehead atoms. The summed E-state index contributed by atoms with van der Waals surface area (Å²) in [7, 11) is 3.34. The summed E-state index contributed by atoms with van der Waals surface area (Å²) >= 11 is 0. The summed E-state index contributed by atoms with van der Waals surface area (Å²) in [6, 6.07) is 9.50. The zero-order valence-corrected chi connectivity index (χ0v) is 18.4. The van der Waals surface area contributed by atoms with Gasteiger partial charge in [0.25, 0.3) is 0 Å². The molecule has 1 aromatic carbocycles.